The molecular weight excluding hydrogens is 310 g/mol. The van der Waals surface area contributed by atoms with Crippen molar-refractivity contribution in [2.75, 3.05) is 6.61 Å². The predicted octanol–water partition coefficient (Wildman–Crippen LogP) is 3.32. The number of amidine groups is 1. The first-order valence-electron chi connectivity index (χ1n) is 7.28. The van der Waals surface area contributed by atoms with E-state index in [1.807, 2.05) is 67.3 Å². The molecule has 3 rings (SSSR count). The molecule has 0 aliphatic carbocycles. The molecule has 2 heterocycles. The largest absolute Gasteiger partial charge is 0.494 e. The van der Waals surface area contributed by atoms with Gasteiger partial charge in [-0.3, -0.25) is 4.79 Å². The maximum Gasteiger partial charge on any atom is 0.264 e. The second kappa shape index (κ2) is 6.75. The van der Waals surface area contributed by atoms with Crippen LogP contribution in [-0.2, 0) is 11.8 Å². The summed E-state index contributed by atoms with van der Waals surface area (Å²) in [5.74, 6) is 0.688. The SMILES string of the molecule is CCOc1ccc(N=C2NC(=O)/C(=C\c3ccn(C)c3)S2)cc1. The van der Waals surface area contributed by atoms with Crippen molar-refractivity contribution >= 4 is 34.6 Å². The molecule has 0 saturated carbocycles. The molecular formula is C17H17N3O2S. The van der Waals surface area contributed by atoms with Gasteiger partial charge < -0.3 is 14.6 Å². The number of amides is 1. The molecule has 1 fully saturated rings. The van der Waals surface area contributed by atoms with Crippen LogP contribution in [0.25, 0.3) is 6.08 Å². The van der Waals surface area contributed by atoms with Crippen LogP contribution in [0.15, 0.2) is 52.6 Å². The Balaban J connectivity index is 1.75. The molecule has 0 atom stereocenters. The first kappa shape index (κ1) is 15.4. The highest BCUT2D eigenvalue weighted by Gasteiger charge is 2.23. The zero-order valence-electron chi connectivity index (χ0n) is 12.9. The number of carbonyl (C=O) groups is 1. The van der Waals surface area contributed by atoms with Gasteiger partial charge in [-0.05, 0) is 60.7 Å². The van der Waals surface area contributed by atoms with Crippen molar-refractivity contribution in [3.05, 3.63) is 53.2 Å². The third kappa shape index (κ3) is 3.84. The van der Waals surface area contributed by atoms with Gasteiger partial charge in [-0.15, -0.1) is 0 Å². The minimum absolute atomic E-state index is 0.122. The minimum atomic E-state index is -0.122. The van der Waals surface area contributed by atoms with Crippen molar-refractivity contribution in [3.8, 4) is 5.75 Å². The molecule has 23 heavy (non-hydrogen) atoms. The van der Waals surface area contributed by atoms with Gasteiger partial charge in [-0.1, -0.05) is 0 Å². The van der Waals surface area contributed by atoms with Gasteiger partial charge in [0.1, 0.15) is 5.75 Å². The average Bonchev–Trinajstić information content (AvgIpc) is 3.08. The number of aromatic nitrogens is 1. The van der Waals surface area contributed by atoms with Crippen LogP contribution in [0.4, 0.5) is 5.69 Å². The molecule has 118 valence electrons. The first-order chi connectivity index (χ1) is 11.1. The van der Waals surface area contributed by atoms with Crippen molar-refractivity contribution in [1.82, 2.24) is 9.88 Å². The first-order valence-corrected chi connectivity index (χ1v) is 8.10. The van der Waals surface area contributed by atoms with Gasteiger partial charge in [0, 0.05) is 19.4 Å². The summed E-state index contributed by atoms with van der Waals surface area (Å²) in [4.78, 5) is 17.1. The number of thioether (sulfide) groups is 1. The fourth-order valence-corrected chi connectivity index (χ4v) is 2.98. The minimum Gasteiger partial charge on any atom is -0.494 e. The van der Waals surface area contributed by atoms with Gasteiger partial charge >= 0.3 is 0 Å². The van der Waals surface area contributed by atoms with Crippen LogP contribution >= 0.6 is 11.8 Å². The lowest BCUT2D eigenvalue weighted by molar-refractivity contribution is -0.115. The number of nitrogens with one attached hydrogen (secondary N) is 1. The van der Waals surface area contributed by atoms with Crippen LogP contribution < -0.4 is 10.1 Å². The smallest absolute Gasteiger partial charge is 0.264 e. The van der Waals surface area contributed by atoms with Crippen LogP contribution in [0.5, 0.6) is 5.75 Å². The van der Waals surface area contributed by atoms with Gasteiger partial charge in [0.05, 0.1) is 17.2 Å². The van der Waals surface area contributed by atoms with E-state index in [1.54, 1.807) is 0 Å². The molecule has 1 saturated heterocycles. The zero-order valence-corrected chi connectivity index (χ0v) is 13.8. The van der Waals surface area contributed by atoms with Gasteiger partial charge in [0.25, 0.3) is 5.91 Å². The van der Waals surface area contributed by atoms with Gasteiger partial charge in [0.15, 0.2) is 5.17 Å². The lowest BCUT2D eigenvalue weighted by Crippen LogP contribution is -2.19. The summed E-state index contributed by atoms with van der Waals surface area (Å²) in [7, 11) is 1.95. The molecule has 0 spiro atoms. The highest BCUT2D eigenvalue weighted by molar-refractivity contribution is 8.18. The Labute approximate surface area is 139 Å². The van der Waals surface area contributed by atoms with E-state index in [0.717, 1.165) is 17.0 Å². The lowest BCUT2D eigenvalue weighted by Gasteiger charge is -2.02. The molecule has 0 radical (unpaired) electrons. The number of hydrogen-bond donors (Lipinski definition) is 1. The van der Waals surface area contributed by atoms with Crippen LogP contribution in [-0.4, -0.2) is 22.2 Å². The van der Waals surface area contributed by atoms with Crippen LogP contribution in [0.1, 0.15) is 12.5 Å². The molecule has 1 aliphatic rings. The molecule has 5 nitrogen and oxygen atoms in total. The molecule has 1 aliphatic heterocycles. The molecule has 1 amide bonds. The number of hydrogen-bond acceptors (Lipinski definition) is 4. The molecule has 6 heteroatoms. The van der Waals surface area contributed by atoms with E-state index in [2.05, 4.69) is 10.3 Å². The van der Waals surface area contributed by atoms with Crippen molar-refractivity contribution in [1.29, 1.82) is 0 Å². The van der Waals surface area contributed by atoms with Crippen LogP contribution in [0.3, 0.4) is 0 Å². The second-order valence-electron chi connectivity index (χ2n) is 5.02. The molecule has 1 aromatic carbocycles. The van der Waals surface area contributed by atoms with E-state index in [0.29, 0.717) is 16.7 Å². The summed E-state index contributed by atoms with van der Waals surface area (Å²) in [5, 5.41) is 3.37. The fourth-order valence-electron chi connectivity index (χ4n) is 2.14. The van der Waals surface area contributed by atoms with E-state index in [9.17, 15) is 4.79 Å². The Morgan fingerprint density at radius 2 is 2.09 bits per heavy atom. The Morgan fingerprint density at radius 3 is 2.74 bits per heavy atom. The number of aryl methyl sites for hydroxylation is 1. The Morgan fingerprint density at radius 1 is 1.30 bits per heavy atom. The number of benzene rings is 1. The van der Waals surface area contributed by atoms with Gasteiger partial charge in [-0.2, -0.15) is 0 Å². The maximum atomic E-state index is 12.0. The number of carbonyl (C=O) groups excluding carboxylic acids is 1. The third-order valence-corrected chi connectivity index (χ3v) is 4.09. The molecule has 0 bridgehead atoms. The number of ether oxygens (including phenoxy) is 1. The highest BCUT2D eigenvalue weighted by atomic mass is 32.2. The second-order valence-corrected chi connectivity index (χ2v) is 6.05. The van der Waals surface area contributed by atoms with E-state index < -0.39 is 0 Å². The van der Waals surface area contributed by atoms with E-state index in [1.165, 1.54) is 11.8 Å². The average molecular weight is 327 g/mol. The fraction of sp³-hybridized carbons (Fsp3) is 0.176. The summed E-state index contributed by atoms with van der Waals surface area (Å²) in [6, 6.07) is 9.42. The van der Waals surface area contributed by atoms with E-state index >= 15 is 0 Å². The summed E-state index contributed by atoms with van der Waals surface area (Å²) in [6.07, 6.45) is 5.77. The topological polar surface area (TPSA) is 55.6 Å². The summed E-state index contributed by atoms with van der Waals surface area (Å²) in [5.41, 5.74) is 1.77. The van der Waals surface area contributed by atoms with Gasteiger partial charge in [-0.25, -0.2) is 4.99 Å². The number of rotatable bonds is 4. The molecule has 1 aromatic heterocycles. The van der Waals surface area contributed by atoms with Crippen molar-refractivity contribution in [3.63, 3.8) is 0 Å². The third-order valence-electron chi connectivity index (χ3n) is 3.18. The molecule has 2 aromatic rings. The monoisotopic (exact) mass is 327 g/mol. The van der Waals surface area contributed by atoms with Crippen molar-refractivity contribution < 1.29 is 9.53 Å². The molecule has 1 N–H and O–H groups in total. The lowest BCUT2D eigenvalue weighted by atomic mass is 10.3. The van der Waals surface area contributed by atoms with E-state index in [-0.39, 0.29) is 5.91 Å². The number of aliphatic imine (C=N–C) groups is 1. The van der Waals surface area contributed by atoms with Crippen LogP contribution in [0, 0.1) is 0 Å². The van der Waals surface area contributed by atoms with E-state index in [4.69, 9.17) is 4.74 Å². The Kier molecular flexibility index (Phi) is 4.52. The quantitative estimate of drug-likeness (QED) is 0.877. The standard InChI is InChI=1S/C17H17N3O2S/c1-3-22-14-6-4-13(5-7-14)18-17-19-16(21)15(23-17)10-12-8-9-20(2)11-12/h4-11H,3H2,1-2H3,(H,18,19,21)/b15-10+. The Bertz CT molecular complexity index is 775. The summed E-state index contributed by atoms with van der Waals surface area (Å²) < 4.78 is 7.34. The number of nitrogens with zero attached hydrogens (tertiary/aromatic N) is 2. The van der Waals surface area contributed by atoms with Gasteiger partial charge in [0.2, 0.25) is 0 Å². The predicted molar refractivity (Wildman–Crippen MR) is 93.8 cm³/mol. The normalized spacial score (nSPS) is 17.7. The molecule has 0 unspecified atom stereocenters. The zero-order chi connectivity index (χ0) is 16.2. The Hall–Kier alpha value is -2.47. The summed E-state index contributed by atoms with van der Waals surface area (Å²) in [6.45, 7) is 2.58. The highest BCUT2D eigenvalue weighted by Crippen LogP contribution is 2.28. The van der Waals surface area contributed by atoms with Crippen molar-refractivity contribution in [2.24, 2.45) is 12.0 Å². The maximum absolute atomic E-state index is 12.0. The van der Waals surface area contributed by atoms with Crippen LogP contribution in [0.2, 0.25) is 0 Å². The summed E-state index contributed by atoms with van der Waals surface area (Å²) >= 11 is 1.34. The van der Waals surface area contributed by atoms with Crippen molar-refractivity contribution in [2.45, 2.75) is 6.92 Å².